The number of carbonyl (C=O) groups is 2. The van der Waals surface area contributed by atoms with E-state index in [1.54, 1.807) is 18.2 Å². The second kappa shape index (κ2) is 10.7. The Bertz CT molecular complexity index is 1540. The van der Waals surface area contributed by atoms with Gasteiger partial charge in [0.1, 0.15) is 6.61 Å². The van der Waals surface area contributed by atoms with Crippen molar-refractivity contribution < 1.29 is 19.1 Å². The van der Waals surface area contributed by atoms with Crippen molar-refractivity contribution in [2.45, 2.75) is 20.1 Å². The lowest BCUT2D eigenvalue weighted by atomic mass is 10.0. The Morgan fingerprint density at radius 3 is 2.57 bits per heavy atom. The first-order valence-corrected chi connectivity index (χ1v) is 12.9. The van der Waals surface area contributed by atoms with E-state index in [4.69, 9.17) is 21.1 Å². The lowest BCUT2D eigenvalue weighted by Gasteiger charge is -2.15. The molecule has 0 unspecified atom stereocenters. The highest BCUT2D eigenvalue weighted by atomic mass is 35.5. The highest BCUT2D eigenvalue weighted by Crippen LogP contribution is 2.40. The van der Waals surface area contributed by atoms with Crippen molar-refractivity contribution in [2.75, 3.05) is 7.11 Å². The Balaban J connectivity index is 1.37. The molecule has 186 valence electrons. The van der Waals surface area contributed by atoms with Crippen molar-refractivity contribution in [3.63, 3.8) is 0 Å². The van der Waals surface area contributed by atoms with Crippen molar-refractivity contribution in [1.82, 2.24) is 4.90 Å². The highest BCUT2D eigenvalue weighted by molar-refractivity contribution is 8.18. The molecule has 4 aromatic rings. The fourth-order valence-corrected chi connectivity index (χ4v) is 5.42. The predicted octanol–water partition coefficient (Wildman–Crippen LogP) is 7.63. The summed E-state index contributed by atoms with van der Waals surface area (Å²) in [6, 6.07) is 25.3. The van der Waals surface area contributed by atoms with E-state index in [0.717, 1.165) is 39.2 Å². The standard InChI is InChI=1S/C30H24ClNO4S/c1-19-7-5-8-20(13-19)18-36-28-25(31)14-21(15-26(28)35-2)16-27-29(33)32(30(34)37-27)17-23-11-6-10-22-9-3-4-12-24(22)23/h3-16H,17-18H2,1-2H3/b27-16-. The number of carbonyl (C=O) groups excluding carboxylic acids is 2. The Hall–Kier alpha value is -3.74. The Kier molecular flexibility index (Phi) is 7.22. The molecule has 1 saturated heterocycles. The van der Waals surface area contributed by atoms with Crippen LogP contribution >= 0.6 is 23.4 Å². The molecule has 0 spiro atoms. The Morgan fingerprint density at radius 2 is 1.76 bits per heavy atom. The molecule has 0 bridgehead atoms. The predicted molar refractivity (Wildman–Crippen MR) is 149 cm³/mol. The van der Waals surface area contributed by atoms with Gasteiger partial charge in [0.15, 0.2) is 11.5 Å². The number of aryl methyl sites for hydroxylation is 1. The average molecular weight is 530 g/mol. The SMILES string of the molecule is COc1cc(/C=C2\SC(=O)N(Cc3cccc4ccccc34)C2=O)cc(Cl)c1OCc1cccc(C)c1. The number of methoxy groups -OCH3 is 1. The van der Waals surface area contributed by atoms with Crippen LogP contribution in [0.15, 0.2) is 83.8 Å². The van der Waals surface area contributed by atoms with E-state index in [1.807, 2.05) is 73.7 Å². The quantitative estimate of drug-likeness (QED) is 0.230. The Morgan fingerprint density at radius 1 is 0.973 bits per heavy atom. The first-order chi connectivity index (χ1) is 17.9. The maximum Gasteiger partial charge on any atom is 0.293 e. The first-order valence-electron chi connectivity index (χ1n) is 11.7. The second-order valence-corrected chi connectivity index (χ2v) is 10.1. The number of nitrogens with zero attached hydrogens (tertiary/aromatic N) is 1. The number of thioether (sulfide) groups is 1. The minimum Gasteiger partial charge on any atom is -0.493 e. The van der Waals surface area contributed by atoms with Crippen molar-refractivity contribution in [3.05, 3.63) is 111 Å². The second-order valence-electron chi connectivity index (χ2n) is 8.72. The molecule has 4 aromatic carbocycles. The molecule has 0 atom stereocenters. The van der Waals surface area contributed by atoms with Crippen molar-refractivity contribution in [2.24, 2.45) is 0 Å². The molecule has 0 aromatic heterocycles. The number of fused-ring (bicyclic) bond motifs is 1. The van der Waals surface area contributed by atoms with E-state index in [9.17, 15) is 9.59 Å². The number of hydrogen-bond acceptors (Lipinski definition) is 5. The van der Waals surface area contributed by atoms with Crippen LogP contribution in [0.3, 0.4) is 0 Å². The first kappa shape index (κ1) is 24.9. The minimum absolute atomic E-state index is 0.208. The molecule has 0 saturated carbocycles. The summed E-state index contributed by atoms with van der Waals surface area (Å²) < 4.78 is 11.5. The summed E-state index contributed by atoms with van der Waals surface area (Å²) in [4.78, 5) is 27.6. The molecule has 5 nitrogen and oxygen atoms in total. The van der Waals surface area contributed by atoms with Crippen LogP contribution in [0.25, 0.3) is 16.8 Å². The molecule has 0 radical (unpaired) electrons. The van der Waals surface area contributed by atoms with Gasteiger partial charge in [0.2, 0.25) is 0 Å². The lowest BCUT2D eigenvalue weighted by Crippen LogP contribution is -2.27. The molecule has 1 aliphatic rings. The van der Waals surface area contributed by atoms with Crippen LogP contribution in [0.5, 0.6) is 11.5 Å². The third-order valence-corrected chi connectivity index (χ3v) is 7.29. The molecule has 37 heavy (non-hydrogen) atoms. The molecule has 5 rings (SSSR count). The van der Waals surface area contributed by atoms with E-state index in [2.05, 4.69) is 0 Å². The zero-order valence-corrected chi connectivity index (χ0v) is 21.9. The number of rotatable bonds is 7. The molecule has 0 N–H and O–H groups in total. The number of imide groups is 1. The largest absolute Gasteiger partial charge is 0.493 e. The topological polar surface area (TPSA) is 55.8 Å². The monoisotopic (exact) mass is 529 g/mol. The van der Waals surface area contributed by atoms with E-state index in [-0.39, 0.29) is 17.7 Å². The molecule has 1 aliphatic heterocycles. The van der Waals surface area contributed by atoms with Crippen LogP contribution in [0.4, 0.5) is 4.79 Å². The fourth-order valence-electron chi connectivity index (χ4n) is 4.31. The zero-order valence-electron chi connectivity index (χ0n) is 20.4. The summed E-state index contributed by atoms with van der Waals surface area (Å²) in [5, 5.41) is 2.13. The highest BCUT2D eigenvalue weighted by Gasteiger charge is 2.35. The van der Waals surface area contributed by atoms with Crippen LogP contribution < -0.4 is 9.47 Å². The molecule has 1 fully saturated rings. The van der Waals surface area contributed by atoms with Gasteiger partial charge in [-0.2, -0.15) is 0 Å². The molecule has 7 heteroatoms. The van der Waals surface area contributed by atoms with E-state index in [0.29, 0.717) is 33.6 Å². The zero-order chi connectivity index (χ0) is 25.9. The van der Waals surface area contributed by atoms with E-state index < -0.39 is 0 Å². The third kappa shape index (κ3) is 5.36. The molecule has 0 aliphatic carbocycles. The van der Waals surface area contributed by atoms with Gasteiger partial charge in [0.05, 0.1) is 23.6 Å². The number of amides is 2. The van der Waals surface area contributed by atoms with Crippen LogP contribution in [0.1, 0.15) is 22.3 Å². The van der Waals surface area contributed by atoms with Crippen LogP contribution in [0, 0.1) is 6.92 Å². The van der Waals surface area contributed by atoms with Crippen LogP contribution in [0.2, 0.25) is 5.02 Å². The molecule has 1 heterocycles. The summed E-state index contributed by atoms with van der Waals surface area (Å²) >= 11 is 7.47. The van der Waals surface area contributed by atoms with Gasteiger partial charge in [-0.15, -0.1) is 0 Å². The summed E-state index contributed by atoms with van der Waals surface area (Å²) in [6.07, 6.45) is 1.66. The van der Waals surface area contributed by atoms with Gasteiger partial charge in [0.25, 0.3) is 11.1 Å². The lowest BCUT2D eigenvalue weighted by molar-refractivity contribution is -0.123. The summed E-state index contributed by atoms with van der Waals surface area (Å²) in [5.41, 5.74) is 3.72. The Labute approximate surface area is 224 Å². The normalized spacial score (nSPS) is 14.6. The van der Waals surface area contributed by atoms with Crippen molar-refractivity contribution in [3.8, 4) is 11.5 Å². The smallest absolute Gasteiger partial charge is 0.293 e. The number of hydrogen-bond donors (Lipinski definition) is 0. The summed E-state index contributed by atoms with van der Waals surface area (Å²) in [5.74, 6) is 0.533. The van der Waals surface area contributed by atoms with Crippen LogP contribution in [-0.4, -0.2) is 23.2 Å². The van der Waals surface area contributed by atoms with Gasteiger partial charge in [-0.3, -0.25) is 14.5 Å². The number of benzene rings is 4. The minimum atomic E-state index is -0.335. The summed E-state index contributed by atoms with van der Waals surface area (Å²) in [6.45, 7) is 2.57. The molecular weight excluding hydrogens is 506 g/mol. The van der Waals surface area contributed by atoms with Gasteiger partial charge in [0, 0.05) is 0 Å². The van der Waals surface area contributed by atoms with Crippen LogP contribution in [-0.2, 0) is 17.9 Å². The fraction of sp³-hybridized carbons (Fsp3) is 0.133. The van der Waals surface area contributed by atoms with Gasteiger partial charge < -0.3 is 9.47 Å². The summed E-state index contributed by atoms with van der Waals surface area (Å²) in [7, 11) is 1.53. The van der Waals surface area contributed by atoms with Crippen molar-refractivity contribution >= 4 is 51.4 Å². The van der Waals surface area contributed by atoms with Gasteiger partial charge in [-0.1, -0.05) is 83.9 Å². The maximum atomic E-state index is 13.2. The van der Waals surface area contributed by atoms with E-state index >= 15 is 0 Å². The van der Waals surface area contributed by atoms with E-state index in [1.165, 1.54) is 12.0 Å². The van der Waals surface area contributed by atoms with Gasteiger partial charge in [-0.05, 0) is 64.4 Å². The average Bonchev–Trinajstić information content (AvgIpc) is 3.15. The van der Waals surface area contributed by atoms with Gasteiger partial charge >= 0.3 is 0 Å². The van der Waals surface area contributed by atoms with Crippen molar-refractivity contribution in [1.29, 1.82) is 0 Å². The third-order valence-electron chi connectivity index (χ3n) is 6.10. The number of halogens is 1. The maximum absolute atomic E-state index is 13.2. The van der Waals surface area contributed by atoms with Gasteiger partial charge in [-0.25, -0.2) is 0 Å². The molecule has 2 amide bonds. The molecular formula is C30H24ClNO4S. The number of ether oxygens (including phenoxy) is 2.